The summed E-state index contributed by atoms with van der Waals surface area (Å²) in [5, 5.41) is 26.1. The third-order valence-electron chi connectivity index (χ3n) is 11.6. The number of Topliss-reactive ketones (excluding diaryl/α,β-unsaturated/α-hetero) is 2. The van der Waals surface area contributed by atoms with Gasteiger partial charge < -0.3 is 35.8 Å². The largest absolute Gasteiger partial charge is 0.506 e. The molecule has 2 atom stereocenters. The number of halogens is 4. The lowest BCUT2D eigenvalue weighted by Crippen LogP contribution is -2.31. The smallest absolute Gasteiger partial charge is 0.163 e. The molecule has 0 saturated heterocycles. The minimum Gasteiger partial charge on any atom is -0.506 e. The van der Waals surface area contributed by atoms with E-state index in [9.17, 15) is 14.7 Å². The van der Waals surface area contributed by atoms with Crippen LogP contribution in [0.4, 0.5) is 22.7 Å². The summed E-state index contributed by atoms with van der Waals surface area (Å²) in [5.41, 5.74) is 5.63. The van der Waals surface area contributed by atoms with Gasteiger partial charge in [-0.1, -0.05) is 110 Å². The topological polar surface area (TPSA) is 121 Å². The van der Waals surface area contributed by atoms with Crippen molar-refractivity contribution in [2.75, 3.05) is 21.3 Å². The van der Waals surface area contributed by atoms with Crippen LogP contribution in [-0.4, -0.2) is 16.7 Å². The molecule has 5 N–H and O–H groups in total. The van der Waals surface area contributed by atoms with Crippen molar-refractivity contribution in [1.82, 2.24) is 0 Å². The molecule has 2 heterocycles. The molecule has 61 heavy (non-hydrogen) atoms. The van der Waals surface area contributed by atoms with Gasteiger partial charge in [0.1, 0.15) is 39.4 Å². The van der Waals surface area contributed by atoms with Crippen LogP contribution in [0, 0.1) is 10.8 Å². The second-order valence-corrected chi connectivity index (χ2v) is 19.1. The van der Waals surface area contributed by atoms with Crippen LogP contribution in [0.1, 0.15) is 76.6 Å². The van der Waals surface area contributed by atoms with Gasteiger partial charge in [0.15, 0.2) is 17.3 Å². The molecule has 2 aliphatic carbocycles. The number of hydrogen-bond donors (Lipinski definition) is 5. The number of aromatic hydroxyl groups is 1. The minimum absolute atomic E-state index is 0.00263. The minimum atomic E-state index is -0.676. The first kappa shape index (κ1) is 41.1. The van der Waals surface area contributed by atoms with Gasteiger partial charge in [-0.2, -0.15) is 0 Å². The molecular formula is C48H42Cl4N4O5. The van der Waals surface area contributed by atoms with Gasteiger partial charge in [-0.3, -0.25) is 9.59 Å². The van der Waals surface area contributed by atoms with Gasteiger partial charge >= 0.3 is 0 Å². The van der Waals surface area contributed by atoms with Gasteiger partial charge in [-0.25, -0.2) is 0 Å². The Morgan fingerprint density at radius 3 is 1.80 bits per heavy atom. The molecule has 5 aromatic rings. The van der Waals surface area contributed by atoms with Crippen LogP contribution in [0.2, 0.25) is 20.1 Å². The fourth-order valence-corrected chi connectivity index (χ4v) is 9.80. The summed E-state index contributed by atoms with van der Waals surface area (Å²) in [5.74, 6) is 1.75. The highest BCUT2D eigenvalue weighted by molar-refractivity contribution is 6.43. The van der Waals surface area contributed by atoms with E-state index in [1.54, 1.807) is 42.5 Å². The molecular weight excluding hydrogens is 854 g/mol. The number of rotatable bonds is 6. The van der Waals surface area contributed by atoms with Crippen molar-refractivity contribution in [3.8, 4) is 28.7 Å². The zero-order chi connectivity index (χ0) is 43.0. The second-order valence-electron chi connectivity index (χ2n) is 17.5. The number of anilines is 4. The first-order chi connectivity index (χ1) is 29.1. The highest BCUT2D eigenvalue weighted by Crippen LogP contribution is 2.53. The highest BCUT2D eigenvalue weighted by Gasteiger charge is 2.42. The van der Waals surface area contributed by atoms with Gasteiger partial charge in [-0.15, -0.1) is 0 Å². The fourth-order valence-electron chi connectivity index (χ4n) is 8.87. The zero-order valence-corrected chi connectivity index (χ0v) is 36.8. The van der Waals surface area contributed by atoms with E-state index in [0.717, 1.165) is 11.4 Å². The predicted molar refractivity (Wildman–Crippen MR) is 244 cm³/mol. The maximum atomic E-state index is 14.1. The van der Waals surface area contributed by atoms with Crippen molar-refractivity contribution in [3.05, 3.63) is 145 Å². The van der Waals surface area contributed by atoms with E-state index >= 15 is 0 Å². The molecule has 0 spiro atoms. The van der Waals surface area contributed by atoms with Crippen molar-refractivity contribution < 1.29 is 24.2 Å². The maximum Gasteiger partial charge on any atom is 0.163 e. The first-order valence-corrected chi connectivity index (χ1v) is 21.5. The number of benzene rings is 5. The maximum absolute atomic E-state index is 14.1. The number of carbonyl (C=O) groups is 2. The van der Waals surface area contributed by atoms with E-state index < -0.39 is 12.1 Å². The van der Waals surface area contributed by atoms with Crippen LogP contribution in [0.15, 0.2) is 114 Å². The Morgan fingerprint density at radius 1 is 0.574 bits per heavy atom. The molecule has 0 bridgehead atoms. The van der Waals surface area contributed by atoms with Crippen molar-refractivity contribution in [3.63, 3.8) is 0 Å². The van der Waals surface area contributed by atoms with Gasteiger partial charge in [0, 0.05) is 40.4 Å². The zero-order valence-electron chi connectivity index (χ0n) is 33.7. The summed E-state index contributed by atoms with van der Waals surface area (Å²) < 4.78 is 12.7. The van der Waals surface area contributed by atoms with Gasteiger partial charge in [0.2, 0.25) is 0 Å². The van der Waals surface area contributed by atoms with Crippen molar-refractivity contribution >= 4 is 80.7 Å². The molecule has 312 valence electrons. The van der Waals surface area contributed by atoms with Crippen LogP contribution in [-0.2, 0) is 9.59 Å². The summed E-state index contributed by atoms with van der Waals surface area (Å²) >= 11 is 27.6. The summed E-state index contributed by atoms with van der Waals surface area (Å²) in [6.45, 7) is 8.25. The van der Waals surface area contributed by atoms with Gasteiger partial charge in [0.25, 0.3) is 0 Å². The summed E-state index contributed by atoms with van der Waals surface area (Å²) in [6, 6.07) is 25.6. The Labute approximate surface area is 374 Å². The molecule has 0 fully saturated rings. The number of nitrogens with one attached hydrogen (secondary N) is 4. The Kier molecular flexibility index (Phi) is 10.5. The molecule has 0 radical (unpaired) electrons. The average molecular weight is 897 g/mol. The standard InChI is InChI=1S/C48H42Cl4N4O5/c1-47(2)20-31-40(35(59)23-47)44(53-29-10-7-12-33(57)45(29)55-31)26-17-18-37(42(52)41(26)51)61-38-14-8-11-30-46(38)56-32-21-48(3,4)22-34(58)39(32)43(54-30)25-16-15-24(19-28(25)50)60-36-13-6-5-9-27(36)49/h5-19,43-44,53-57H,20-23H2,1-4H3. The Hall–Kier alpha value is -5.32. The number of allylic oxidation sites excluding steroid dienone is 2. The lowest BCUT2D eigenvalue weighted by atomic mass is 9.73. The number of para-hydroxylation sites is 3. The normalized spacial score (nSPS) is 20.0. The SMILES string of the molecule is CC1(C)CC(=O)C2=C(C1)Nc1c(cccc1Oc1ccc(C3Nc4cccc(O)c4NC4=C3C(=O)CC(C)(C)C4)c(Cl)c1Cl)NC2c1ccc(Oc2ccccc2Cl)cc1Cl. The van der Waals surface area contributed by atoms with Crippen LogP contribution in [0.25, 0.3) is 0 Å². The quantitative estimate of drug-likeness (QED) is 0.106. The second kappa shape index (κ2) is 15.5. The molecule has 0 amide bonds. The van der Waals surface area contributed by atoms with Crippen LogP contribution >= 0.6 is 46.4 Å². The molecule has 2 unspecified atom stereocenters. The fraction of sp³-hybridized carbons (Fsp3) is 0.250. The number of ether oxygens (including phenoxy) is 2. The number of fused-ring (bicyclic) bond motifs is 2. The molecule has 9 nitrogen and oxygen atoms in total. The third kappa shape index (κ3) is 7.78. The van der Waals surface area contributed by atoms with Gasteiger partial charge in [0.05, 0.1) is 33.5 Å². The summed E-state index contributed by atoms with van der Waals surface area (Å²) in [4.78, 5) is 28.0. The summed E-state index contributed by atoms with van der Waals surface area (Å²) in [7, 11) is 0. The molecule has 4 aliphatic rings. The van der Waals surface area contributed by atoms with E-state index in [1.807, 2.05) is 48.5 Å². The molecule has 5 aromatic carbocycles. The van der Waals surface area contributed by atoms with Crippen molar-refractivity contribution in [2.45, 2.75) is 65.5 Å². The summed E-state index contributed by atoms with van der Waals surface area (Å²) in [6.07, 6.45) is 1.88. The number of phenols is 1. The van der Waals surface area contributed by atoms with E-state index in [2.05, 4.69) is 49.0 Å². The molecule has 9 rings (SSSR count). The Morgan fingerprint density at radius 2 is 1.15 bits per heavy atom. The Balaban J connectivity index is 1.07. The number of carbonyl (C=O) groups excluding carboxylic acids is 2. The van der Waals surface area contributed by atoms with Crippen LogP contribution < -0.4 is 30.7 Å². The lowest BCUT2D eigenvalue weighted by molar-refractivity contribution is -0.119. The molecule has 2 aliphatic heterocycles. The number of ketones is 2. The Bertz CT molecular complexity index is 2740. The lowest BCUT2D eigenvalue weighted by Gasteiger charge is -2.34. The highest BCUT2D eigenvalue weighted by atomic mass is 35.5. The monoisotopic (exact) mass is 894 g/mol. The van der Waals surface area contributed by atoms with E-state index in [1.165, 1.54) is 0 Å². The van der Waals surface area contributed by atoms with E-state index in [-0.39, 0.29) is 43.9 Å². The number of phenolic OH excluding ortho intramolecular Hbond substituents is 1. The third-order valence-corrected chi connectivity index (χ3v) is 13.1. The molecule has 0 saturated carbocycles. The predicted octanol–water partition coefficient (Wildman–Crippen LogP) is 14.0. The average Bonchev–Trinajstić information content (AvgIpc) is 3.45. The number of hydrogen-bond acceptors (Lipinski definition) is 9. The van der Waals surface area contributed by atoms with Crippen molar-refractivity contribution in [1.29, 1.82) is 0 Å². The van der Waals surface area contributed by atoms with E-state index in [0.29, 0.717) is 98.0 Å². The first-order valence-electron chi connectivity index (χ1n) is 20.0. The van der Waals surface area contributed by atoms with Gasteiger partial charge in [-0.05, 0) is 89.4 Å². The molecule has 0 aromatic heterocycles. The van der Waals surface area contributed by atoms with E-state index in [4.69, 9.17) is 55.9 Å². The molecule has 13 heteroatoms. The van der Waals surface area contributed by atoms with Crippen LogP contribution in [0.5, 0.6) is 28.7 Å². The van der Waals surface area contributed by atoms with Crippen molar-refractivity contribution in [2.24, 2.45) is 10.8 Å². The van der Waals surface area contributed by atoms with Crippen LogP contribution in [0.3, 0.4) is 0 Å².